The van der Waals surface area contributed by atoms with E-state index < -0.39 is 22.6 Å². The summed E-state index contributed by atoms with van der Waals surface area (Å²) in [6.45, 7) is 1.14. The third-order valence-corrected chi connectivity index (χ3v) is 5.92. The minimum atomic E-state index is -4.22. The van der Waals surface area contributed by atoms with Gasteiger partial charge >= 0.3 is 6.18 Å². The highest BCUT2D eigenvalue weighted by atomic mass is 127. The second kappa shape index (κ2) is 10.5. The molecule has 0 atom stereocenters. The number of rotatable bonds is 6. The van der Waals surface area contributed by atoms with Crippen molar-refractivity contribution in [3.8, 4) is 0 Å². The minimum Gasteiger partial charge on any atom is -0.356 e. The predicted octanol–water partition coefficient (Wildman–Crippen LogP) is 2.71. The van der Waals surface area contributed by atoms with Crippen LogP contribution in [-0.2, 0) is 16.6 Å². The van der Waals surface area contributed by atoms with Gasteiger partial charge in [0, 0.05) is 33.2 Å². The van der Waals surface area contributed by atoms with Gasteiger partial charge in [-0.25, -0.2) is 8.42 Å². The number of sulfonamides is 1. The van der Waals surface area contributed by atoms with Gasteiger partial charge in [-0.1, -0.05) is 12.1 Å². The molecule has 0 aromatic heterocycles. The van der Waals surface area contributed by atoms with Crippen molar-refractivity contribution in [2.24, 2.45) is 4.99 Å². The maximum absolute atomic E-state index is 12.4. The van der Waals surface area contributed by atoms with Gasteiger partial charge in [-0.3, -0.25) is 4.99 Å². The molecule has 1 aliphatic rings. The second-order valence-electron chi connectivity index (χ2n) is 5.97. The van der Waals surface area contributed by atoms with Crippen molar-refractivity contribution in [3.05, 3.63) is 29.8 Å². The van der Waals surface area contributed by atoms with Gasteiger partial charge in [-0.2, -0.15) is 17.5 Å². The summed E-state index contributed by atoms with van der Waals surface area (Å²) in [6.07, 6.45) is -3.41. The van der Waals surface area contributed by atoms with Crippen LogP contribution in [0.2, 0.25) is 0 Å². The number of hydrogen-bond donors (Lipinski definition) is 2. The smallest absolute Gasteiger partial charge is 0.356 e. The summed E-state index contributed by atoms with van der Waals surface area (Å²) in [5.74, 6) is 0.253. The van der Waals surface area contributed by atoms with E-state index in [0.717, 1.165) is 18.4 Å². The maximum atomic E-state index is 12.4. The van der Waals surface area contributed by atoms with Crippen LogP contribution in [-0.4, -0.2) is 51.5 Å². The lowest BCUT2D eigenvalue weighted by molar-refractivity contribution is -0.132. The Balaban J connectivity index is 0.00000364. The van der Waals surface area contributed by atoms with Gasteiger partial charge in [0.05, 0.1) is 11.3 Å². The predicted molar refractivity (Wildman–Crippen MR) is 109 cm³/mol. The molecular weight excluding hydrogens is 496 g/mol. The Hall–Kier alpha value is -1.08. The molecule has 1 aromatic carbocycles. The molecule has 6 nitrogen and oxygen atoms in total. The molecule has 1 aromatic rings. The van der Waals surface area contributed by atoms with E-state index in [4.69, 9.17) is 0 Å². The molecule has 0 amide bonds. The van der Waals surface area contributed by atoms with Gasteiger partial charge in [0.2, 0.25) is 10.0 Å². The zero-order valence-corrected chi connectivity index (χ0v) is 18.1. The van der Waals surface area contributed by atoms with Crippen molar-refractivity contribution in [1.82, 2.24) is 14.9 Å². The first-order valence-corrected chi connectivity index (χ1v) is 9.77. The van der Waals surface area contributed by atoms with Gasteiger partial charge in [0.15, 0.2) is 5.96 Å². The molecule has 0 bridgehead atoms. The van der Waals surface area contributed by atoms with Crippen LogP contribution in [0.1, 0.15) is 24.8 Å². The first kappa shape index (κ1) is 24.0. The maximum Gasteiger partial charge on any atom is 0.390 e. The van der Waals surface area contributed by atoms with Crippen molar-refractivity contribution in [2.45, 2.75) is 36.9 Å². The first-order chi connectivity index (χ1) is 12.2. The molecule has 0 aliphatic carbocycles. The van der Waals surface area contributed by atoms with Gasteiger partial charge in [-0.15, -0.1) is 24.0 Å². The number of alkyl halides is 3. The summed E-state index contributed by atoms with van der Waals surface area (Å²) < 4.78 is 62.8. The molecule has 154 valence electrons. The Kier molecular flexibility index (Phi) is 9.28. The lowest BCUT2D eigenvalue weighted by atomic mass is 10.2. The van der Waals surface area contributed by atoms with Crippen molar-refractivity contribution in [3.63, 3.8) is 0 Å². The Bertz CT molecular complexity index is 718. The van der Waals surface area contributed by atoms with Gasteiger partial charge in [-0.05, 0) is 30.5 Å². The van der Waals surface area contributed by atoms with E-state index in [-0.39, 0.29) is 41.4 Å². The Morgan fingerprint density at radius 1 is 1.15 bits per heavy atom. The number of halogens is 4. The summed E-state index contributed by atoms with van der Waals surface area (Å²) >= 11 is 0. The highest BCUT2D eigenvalue weighted by molar-refractivity contribution is 14.0. The molecule has 11 heteroatoms. The lowest BCUT2D eigenvalue weighted by Gasteiger charge is -2.16. The number of benzene rings is 1. The third-order valence-electron chi connectivity index (χ3n) is 4.01. The van der Waals surface area contributed by atoms with Crippen LogP contribution in [0.15, 0.2) is 34.2 Å². The van der Waals surface area contributed by atoms with E-state index in [9.17, 15) is 21.6 Å². The topological polar surface area (TPSA) is 73.8 Å². The Morgan fingerprint density at radius 3 is 2.26 bits per heavy atom. The molecule has 0 unspecified atom stereocenters. The SMILES string of the molecule is CN=C(NCCC(F)(F)F)NCc1ccc(S(=O)(=O)N2CCCC2)cc1.I. The fraction of sp³-hybridized carbons (Fsp3) is 0.562. The Labute approximate surface area is 174 Å². The van der Waals surface area contributed by atoms with Gasteiger partial charge < -0.3 is 10.6 Å². The molecule has 2 N–H and O–H groups in total. The molecule has 0 spiro atoms. The monoisotopic (exact) mass is 520 g/mol. The molecule has 1 saturated heterocycles. The van der Waals surface area contributed by atoms with E-state index in [1.54, 1.807) is 24.3 Å². The molecule has 1 heterocycles. The number of aliphatic imine (C=N–C) groups is 1. The number of hydrogen-bond acceptors (Lipinski definition) is 3. The van der Waals surface area contributed by atoms with E-state index in [0.29, 0.717) is 19.6 Å². The summed E-state index contributed by atoms with van der Waals surface area (Å²) in [6, 6.07) is 6.45. The second-order valence-corrected chi connectivity index (χ2v) is 7.91. The van der Waals surface area contributed by atoms with Crippen LogP contribution < -0.4 is 10.6 Å². The fourth-order valence-corrected chi connectivity index (χ4v) is 4.10. The molecule has 2 rings (SSSR count). The zero-order chi connectivity index (χ0) is 19.2. The van der Waals surface area contributed by atoms with E-state index in [1.807, 2.05) is 0 Å². The molecule has 27 heavy (non-hydrogen) atoms. The summed E-state index contributed by atoms with van der Waals surface area (Å²) in [4.78, 5) is 4.10. The normalized spacial score (nSPS) is 16.1. The van der Waals surface area contributed by atoms with Gasteiger partial charge in [0.25, 0.3) is 0 Å². The standard InChI is InChI=1S/C16H23F3N4O2S.HI/c1-20-15(21-9-8-16(17,18)19)22-12-13-4-6-14(7-5-13)26(24,25)23-10-2-3-11-23;/h4-7H,2-3,8-12H2,1H3,(H2,20,21,22);1H. The van der Waals surface area contributed by atoms with E-state index >= 15 is 0 Å². The minimum absolute atomic E-state index is 0. The summed E-state index contributed by atoms with van der Waals surface area (Å²) in [5.41, 5.74) is 0.796. The molecule has 0 saturated carbocycles. The van der Waals surface area contributed by atoms with Crippen molar-refractivity contribution < 1.29 is 21.6 Å². The van der Waals surface area contributed by atoms with Crippen LogP contribution in [0.25, 0.3) is 0 Å². The van der Waals surface area contributed by atoms with Crippen LogP contribution in [0, 0.1) is 0 Å². The molecule has 1 fully saturated rings. The number of nitrogens with zero attached hydrogens (tertiary/aromatic N) is 2. The lowest BCUT2D eigenvalue weighted by Crippen LogP contribution is -2.38. The number of nitrogens with one attached hydrogen (secondary N) is 2. The molecule has 0 radical (unpaired) electrons. The third kappa shape index (κ3) is 7.45. The van der Waals surface area contributed by atoms with E-state index in [2.05, 4.69) is 15.6 Å². The average molecular weight is 520 g/mol. The Morgan fingerprint density at radius 2 is 1.74 bits per heavy atom. The first-order valence-electron chi connectivity index (χ1n) is 8.33. The van der Waals surface area contributed by atoms with Crippen LogP contribution in [0.5, 0.6) is 0 Å². The van der Waals surface area contributed by atoms with Crippen molar-refractivity contribution in [1.29, 1.82) is 0 Å². The number of guanidine groups is 1. The van der Waals surface area contributed by atoms with Crippen LogP contribution in [0.3, 0.4) is 0 Å². The van der Waals surface area contributed by atoms with Gasteiger partial charge in [0.1, 0.15) is 0 Å². The van der Waals surface area contributed by atoms with Crippen LogP contribution >= 0.6 is 24.0 Å². The zero-order valence-electron chi connectivity index (χ0n) is 14.9. The molecular formula is C16H24F3IN4O2S. The highest BCUT2D eigenvalue weighted by Gasteiger charge is 2.27. The summed E-state index contributed by atoms with van der Waals surface area (Å²) in [7, 11) is -1.98. The quantitative estimate of drug-likeness (QED) is 0.344. The van der Waals surface area contributed by atoms with Crippen LogP contribution in [0.4, 0.5) is 13.2 Å². The largest absolute Gasteiger partial charge is 0.390 e. The van der Waals surface area contributed by atoms with E-state index in [1.165, 1.54) is 11.4 Å². The fourth-order valence-electron chi connectivity index (χ4n) is 2.59. The average Bonchev–Trinajstić information content (AvgIpc) is 3.12. The van der Waals surface area contributed by atoms with Crippen molar-refractivity contribution in [2.75, 3.05) is 26.7 Å². The highest BCUT2D eigenvalue weighted by Crippen LogP contribution is 2.21. The summed E-state index contributed by atoms with van der Waals surface area (Å²) in [5, 5.41) is 5.48. The van der Waals surface area contributed by atoms with Crippen molar-refractivity contribution >= 4 is 40.0 Å². The molecule has 1 aliphatic heterocycles.